The van der Waals surface area contributed by atoms with E-state index in [1.807, 2.05) is 24.3 Å². The van der Waals surface area contributed by atoms with Gasteiger partial charge >= 0.3 is 0 Å². The molecule has 2 N–H and O–H groups in total. The van der Waals surface area contributed by atoms with Gasteiger partial charge < -0.3 is 15.4 Å². The Hall–Kier alpha value is -1.55. The van der Waals surface area contributed by atoms with Crippen molar-refractivity contribution in [3.63, 3.8) is 0 Å². The summed E-state index contributed by atoms with van der Waals surface area (Å²) in [5.74, 6) is 0.984. The Morgan fingerprint density at radius 3 is 2.75 bits per heavy atom. The van der Waals surface area contributed by atoms with Crippen LogP contribution in [-0.2, 0) is 4.79 Å². The summed E-state index contributed by atoms with van der Waals surface area (Å²) in [5.41, 5.74) is 0.817. The van der Waals surface area contributed by atoms with Crippen molar-refractivity contribution in [2.24, 2.45) is 5.92 Å². The van der Waals surface area contributed by atoms with Gasteiger partial charge in [-0.05, 0) is 37.2 Å². The molecule has 1 heterocycles. The van der Waals surface area contributed by atoms with E-state index >= 15 is 0 Å². The molecule has 1 amide bonds. The highest BCUT2D eigenvalue weighted by Gasteiger charge is 2.22. The largest absolute Gasteiger partial charge is 0.497 e. The summed E-state index contributed by atoms with van der Waals surface area (Å²) >= 11 is 0. The van der Waals surface area contributed by atoms with Crippen LogP contribution in [0.2, 0.25) is 0 Å². The summed E-state index contributed by atoms with van der Waals surface area (Å²) in [6, 6.07) is 7.36. The fraction of sp³-hybridized carbons (Fsp3) is 0.417. The lowest BCUT2D eigenvalue weighted by molar-refractivity contribution is -0.119. The van der Waals surface area contributed by atoms with Crippen LogP contribution in [0.5, 0.6) is 5.75 Å². The number of nitrogens with one attached hydrogen (secondary N) is 2. The first-order valence-electron chi connectivity index (χ1n) is 5.45. The van der Waals surface area contributed by atoms with E-state index < -0.39 is 0 Å². The first kappa shape index (κ1) is 11.0. The molecule has 1 saturated heterocycles. The van der Waals surface area contributed by atoms with Gasteiger partial charge in [0.15, 0.2) is 0 Å². The summed E-state index contributed by atoms with van der Waals surface area (Å²) < 4.78 is 5.05. The molecule has 4 heteroatoms. The molecular formula is C12H16N2O2. The van der Waals surface area contributed by atoms with E-state index in [2.05, 4.69) is 10.6 Å². The van der Waals surface area contributed by atoms with Crippen LogP contribution in [0.4, 0.5) is 5.69 Å². The number of methoxy groups -OCH3 is 1. The van der Waals surface area contributed by atoms with Crippen LogP contribution in [0.1, 0.15) is 6.42 Å². The van der Waals surface area contributed by atoms with Crippen molar-refractivity contribution in [1.29, 1.82) is 0 Å². The van der Waals surface area contributed by atoms with Crippen molar-refractivity contribution in [1.82, 2.24) is 5.32 Å². The second-order valence-corrected chi connectivity index (χ2v) is 3.91. The maximum absolute atomic E-state index is 11.8. The molecule has 1 aliphatic rings. The molecule has 4 nitrogen and oxygen atoms in total. The van der Waals surface area contributed by atoms with Crippen LogP contribution in [0.15, 0.2) is 24.3 Å². The number of hydrogen-bond donors (Lipinski definition) is 2. The Morgan fingerprint density at radius 1 is 1.44 bits per heavy atom. The van der Waals surface area contributed by atoms with Gasteiger partial charge in [0.2, 0.25) is 5.91 Å². The van der Waals surface area contributed by atoms with E-state index in [1.54, 1.807) is 7.11 Å². The van der Waals surface area contributed by atoms with Crippen LogP contribution in [0, 0.1) is 5.92 Å². The smallest absolute Gasteiger partial charge is 0.228 e. The highest BCUT2D eigenvalue weighted by atomic mass is 16.5. The molecule has 1 fully saturated rings. The van der Waals surface area contributed by atoms with Gasteiger partial charge in [-0.3, -0.25) is 4.79 Å². The first-order valence-corrected chi connectivity index (χ1v) is 5.45. The van der Waals surface area contributed by atoms with Gasteiger partial charge in [-0.2, -0.15) is 0 Å². The van der Waals surface area contributed by atoms with E-state index in [9.17, 15) is 4.79 Å². The number of rotatable bonds is 3. The van der Waals surface area contributed by atoms with Gasteiger partial charge in [0.05, 0.1) is 13.0 Å². The second kappa shape index (κ2) is 4.99. The minimum absolute atomic E-state index is 0.0927. The number of carbonyl (C=O) groups excluding carboxylic acids is 1. The third kappa shape index (κ3) is 2.52. The minimum atomic E-state index is 0.0927. The van der Waals surface area contributed by atoms with Crippen molar-refractivity contribution in [3.8, 4) is 5.75 Å². The van der Waals surface area contributed by atoms with Crippen LogP contribution >= 0.6 is 0 Å². The number of benzene rings is 1. The van der Waals surface area contributed by atoms with Gasteiger partial charge in [0.25, 0.3) is 0 Å². The third-order valence-electron chi connectivity index (χ3n) is 2.79. The van der Waals surface area contributed by atoms with Gasteiger partial charge in [-0.15, -0.1) is 0 Å². The summed E-state index contributed by atoms with van der Waals surface area (Å²) in [7, 11) is 1.62. The SMILES string of the molecule is COc1ccc(NC(=O)C2CCNC2)cc1. The molecule has 0 aromatic heterocycles. The molecule has 1 aromatic rings. The van der Waals surface area contributed by atoms with Gasteiger partial charge in [-0.25, -0.2) is 0 Å². The number of anilines is 1. The number of ether oxygens (including phenoxy) is 1. The molecule has 0 spiro atoms. The molecule has 1 aromatic carbocycles. The zero-order valence-corrected chi connectivity index (χ0v) is 9.32. The van der Waals surface area contributed by atoms with Crippen LogP contribution in [0.3, 0.4) is 0 Å². The molecular weight excluding hydrogens is 204 g/mol. The molecule has 1 unspecified atom stereocenters. The van der Waals surface area contributed by atoms with Crippen molar-refractivity contribution < 1.29 is 9.53 Å². The lowest BCUT2D eigenvalue weighted by Gasteiger charge is -2.10. The van der Waals surface area contributed by atoms with Crippen LogP contribution in [0.25, 0.3) is 0 Å². The maximum atomic E-state index is 11.8. The zero-order valence-electron chi connectivity index (χ0n) is 9.32. The average Bonchev–Trinajstić information content (AvgIpc) is 2.83. The van der Waals surface area contributed by atoms with Gasteiger partial charge in [0.1, 0.15) is 5.75 Å². The standard InChI is InChI=1S/C12H16N2O2/c1-16-11-4-2-10(3-5-11)14-12(15)9-6-7-13-8-9/h2-5,9,13H,6-8H2,1H3,(H,14,15). The fourth-order valence-corrected chi connectivity index (χ4v) is 1.80. The molecule has 0 bridgehead atoms. The number of hydrogen-bond acceptors (Lipinski definition) is 3. The third-order valence-corrected chi connectivity index (χ3v) is 2.79. The topological polar surface area (TPSA) is 50.4 Å². The summed E-state index contributed by atoms with van der Waals surface area (Å²) in [6.07, 6.45) is 0.919. The molecule has 2 rings (SSSR count). The molecule has 0 radical (unpaired) electrons. The highest BCUT2D eigenvalue weighted by molar-refractivity contribution is 5.92. The number of carbonyl (C=O) groups is 1. The monoisotopic (exact) mass is 220 g/mol. The molecule has 1 atom stereocenters. The Kier molecular flexibility index (Phi) is 3.41. The van der Waals surface area contributed by atoms with Crippen LogP contribution in [-0.4, -0.2) is 26.1 Å². The van der Waals surface area contributed by atoms with Crippen molar-refractivity contribution in [2.45, 2.75) is 6.42 Å². The van der Waals surface area contributed by atoms with Gasteiger partial charge in [0, 0.05) is 12.2 Å². The van der Waals surface area contributed by atoms with Crippen molar-refractivity contribution >= 4 is 11.6 Å². The Morgan fingerprint density at radius 2 is 2.19 bits per heavy atom. The Bertz CT molecular complexity index is 356. The predicted molar refractivity (Wildman–Crippen MR) is 62.6 cm³/mol. The predicted octanol–water partition coefficient (Wildman–Crippen LogP) is 1.24. The maximum Gasteiger partial charge on any atom is 0.228 e. The minimum Gasteiger partial charge on any atom is -0.497 e. The number of amides is 1. The van der Waals surface area contributed by atoms with E-state index in [0.717, 1.165) is 30.9 Å². The zero-order chi connectivity index (χ0) is 11.4. The average molecular weight is 220 g/mol. The van der Waals surface area contributed by atoms with Crippen molar-refractivity contribution in [3.05, 3.63) is 24.3 Å². The lowest BCUT2D eigenvalue weighted by atomic mass is 10.1. The van der Waals surface area contributed by atoms with Crippen LogP contribution < -0.4 is 15.4 Å². The normalized spacial score (nSPS) is 19.4. The van der Waals surface area contributed by atoms with E-state index in [4.69, 9.17) is 4.74 Å². The highest BCUT2D eigenvalue weighted by Crippen LogP contribution is 2.17. The van der Waals surface area contributed by atoms with E-state index in [-0.39, 0.29) is 11.8 Å². The lowest BCUT2D eigenvalue weighted by Crippen LogP contribution is -2.24. The molecule has 16 heavy (non-hydrogen) atoms. The quantitative estimate of drug-likeness (QED) is 0.806. The van der Waals surface area contributed by atoms with Crippen molar-refractivity contribution in [2.75, 3.05) is 25.5 Å². The van der Waals surface area contributed by atoms with Gasteiger partial charge in [-0.1, -0.05) is 0 Å². The molecule has 0 aliphatic carbocycles. The fourth-order valence-electron chi connectivity index (χ4n) is 1.80. The summed E-state index contributed by atoms with van der Waals surface area (Å²) in [6.45, 7) is 1.71. The molecule has 1 aliphatic heterocycles. The molecule has 0 saturated carbocycles. The molecule has 86 valence electrons. The summed E-state index contributed by atoms with van der Waals surface area (Å²) in [4.78, 5) is 11.8. The Balaban J connectivity index is 1.94. The van der Waals surface area contributed by atoms with E-state index in [0.29, 0.717) is 0 Å². The second-order valence-electron chi connectivity index (χ2n) is 3.91. The first-order chi connectivity index (χ1) is 7.79. The van der Waals surface area contributed by atoms with E-state index in [1.165, 1.54) is 0 Å². The Labute approximate surface area is 95.0 Å². The summed E-state index contributed by atoms with van der Waals surface area (Å²) in [5, 5.41) is 6.08.